The van der Waals surface area contributed by atoms with Gasteiger partial charge >= 0.3 is 6.03 Å². The predicted molar refractivity (Wildman–Crippen MR) is 81.1 cm³/mol. The second kappa shape index (κ2) is 7.06. The third-order valence-corrected chi connectivity index (χ3v) is 4.06. The molecule has 1 fully saturated rings. The number of anilines is 1. The molecule has 6 heteroatoms. The molecule has 2 amide bonds. The molecule has 0 aromatic heterocycles. The molecule has 1 N–H and O–H groups in total. The smallest absolute Gasteiger partial charge is 0.322 e. The molecule has 0 spiro atoms. The van der Waals surface area contributed by atoms with E-state index in [0.717, 1.165) is 15.7 Å². The molecule has 1 atom stereocenters. The van der Waals surface area contributed by atoms with Gasteiger partial charge in [-0.15, -0.1) is 0 Å². The summed E-state index contributed by atoms with van der Waals surface area (Å²) < 4.78 is 11.6. The number of rotatable bonds is 3. The highest BCUT2D eigenvalue weighted by Gasteiger charge is 2.24. The number of urea groups is 1. The van der Waals surface area contributed by atoms with Crippen LogP contribution in [0.1, 0.15) is 5.56 Å². The normalized spacial score (nSPS) is 18.9. The number of hydrogen-bond donors (Lipinski definition) is 1. The first-order valence-electron chi connectivity index (χ1n) is 6.52. The van der Waals surface area contributed by atoms with E-state index in [-0.39, 0.29) is 12.1 Å². The first kappa shape index (κ1) is 15.3. The van der Waals surface area contributed by atoms with E-state index in [1.165, 1.54) is 0 Å². The summed E-state index contributed by atoms with van der Waals surface area (Å²) >= 11 is 3.46. The lowest BCUT2D eigenvalue weighted by atomic mass is 10.2. The first-order chi connectivity index (χ1) is 9.60. The zero-order valence-electron chi connectivity index (χ0n) is 11.7. The number of hydrogen-bond acceptors (Lipinski definition) is 3. The summed E-state index contributed by atoms with van der Waals surface area (Å²) in [6, 6.07) is 5.66. The van der Waals surface area contributed by atoms with Crippen molar-refractivity contribution in [2.24, 2.45) is 0 Å². The number of amides is 2. The minimum Gasteiger partial charge on any atom is -0.382 e. The van der Waals surface area contributed by atoms with Gasteiger partial charge < -0.3 is 19.7 Å². The molecule has 0 aliphatic carbocycles. The Kier molecular flexibility index (Phi) is 5.39. The number of carbonyl (C=O) groups is 1. The van der Waals surface area contributed by atoms with E-state index in [1.54, 1.807) is 12.0 Å². The number of morpholine rings is 1. The molecule has 0 radical (unpaired) electrons. The van der Waals surface area contributed by atoms with E-state index in [9.17, 15) is 4.79 Å². The fraction of sp³-hybridized carbons (Fsp3) is 0.500. The lowest BCUT2D eigenvalue weighted by molar-refractivity contribution is -0.0481. The van der Waals surface area contributed by atoms with Crippen molar-refractivity contribution >= 4 is 27.6 Å². The van der Waals surface area contributed by atoms with Crippen LogP contribution in [-0.4, -0.2) is 50.4 Å². The predicted octanol–water partition coefficient (Wildman–Crippen LogP) is 2.64. The molecular formula is C14H19BrN2O3. The number of nitrogens with one attached hydrogen (secondary N) is 1. The van der Waals surface area contributed by atoms with E-state index < -0.39 is 0 Å². The SMILES string of the molecule is COC[C@H]1CN(C(=O)Nc2ccc(C)c(Br)c2)CCO1. The van der Waals surface area contributed by atoms with Crippen molar-refractivity contribution < 1.29 is 14.3 Å². The number of carbonyl (C=O) groups excluding carboxylic acids is 1. The van der Waals surface area contributed by atoms with Crippen molar-refractivity contribution in [3.8, 4) is 0 Å². The second-order valence-corrected chi connectivity index (χ2v) is 5.64. The van der Waals surface area contributed by atoms with Crippen molar-refractivity contribution in [1.29, 1.82) is 0 Å². The van der Waals surface area contributed by atoms with Gasteiger partial charge in [-0.1, -0.05) is 22.0 Å². The van der Waals surface area contributed by atoms with Crippen LogP contribution < -0.4 is 5.32 Å². The van der Waals surface area contributed by atoms with Crippen LogP contribution in [0.5, 0.6) is 0 Å². The Morgan fingerprint density at radius 3 is 3.10 bits per heavy atom. The molecule has 1 aliphatic heterocycles. The molecule has 1 heterocycles. The maximum absolute atomic E-state index is 12.2. The largest absolute Gasteiger partial charge is 0.382 e. The highest BCUT2D eigenvalue weighted by Crippen LogP contribution is 2.21. The Morgan fingerprint density at radius 2 is 2.40 bits per heavy atom. The van der Waals surface area contributed by atoms with E-state index >= 15 is 0 Å². The Bertz CT molecular complexity index is 479. The molecule has 110 valence electrons. The topological polar surface area (TPSA) is 50.8 Å². The van der Waals surface area contributed by atoms with E-state index in [2.05, 4.69) is 21.2 Å². The van der Waals surface area contributed by atoms with Crippen LogP contribution in [0.2, 0.25) is 0 Å². The first-order valence-corrected chi connectivity index (χ1v) is 7.32. The Labute approximate surface area is 127 Å². The molecule has 1 saturated heterocycles. The molecule has 5 nitrogen and oxygen atoms in total. The van der Waals surface area contributed by atoms with Crippen LogP contribution in [0, 0.1) is 6.92 Å². The lowest BCUT2D eigenvalue weighted by Crippen LogP contribution is -2.48. The van der Waals surface area contributed by atoms with Crippen molar-refractivity contribution in [2.75, 3.05) is 38.7 Å². The molecule has 1 aromatic rings. The van der Waals surface area contributed by atoms with Crippen molar-refractivity contribution in [1.82, 2.24) is 4.90 Å². The summed E-state index contributed by atoms with van der Waals surface area (Å²) in [7, 11) is 1.63. The van der Waals surface area contributed by atoms with Crippen LogP contribution in [0.4, 0.5) is 10.5 Å². The zero-order chi connectivity index (χ0) is 14.5. The highest BCUT2D eigenvalue weighted by molar-refractivity contribution is 9.10. The van der Waals surface area contributed by atoms with E-state index in [1.807, 2.05) is 25.1 Å². The number of nitrogens with zero attached hydrogens (tertiary/aromatic N) is 1. The molecule has 20 heavy (non-hydrogen) atoms. The van der Waals surface area contributed by atoms with Gasteiger partial charge in [0.05, 0.1) is 25.9 Å². The van der Waals surface area contributed by atoms with Gasteiger partial charge in [0.15, 0.2) is 0 Å². The summed E-state index contributed by atoms with van der Waals surface area (Å²) in [4.78, 5) is 14.0. The Hall–Kier alpha value is -1.11. The van der Waals surface area contributed by atoms with Crippen LogP contribution in [0.25, 0.3) is 0 Å². The number of methoxy groups -OCH3 is 1. The van der Waals surface area contributed by atoms with Crippen LogP contribution in [0.3, 0.4) is 0 Å². The number of benzene rings is 1. The Morgan fingerprint density at radius 1 is 1.60 bits per heavy atom. The molecule has 1 aliphatic rings. The van der Waals surface area contributed by atoms with E-state index in [4.69, 9.17) is 9.47 Å². The maximum atomic E-state index is 12.2. The molecule has 2 rings (SSSR count). The van der Waals surface area contributed by atoms with Gasteiger partial charge in [-0.05, 0) is 24.6 Å². The minimum atomic E-state index is -0.106. The number of ether oxygens (including phenoxy) is 2. The van der Waals surface area contributed by atoms with Gasteiger partial charge in [0, 0.05) is 23.8 Å². The van der Waals surface area contributed by atoms with Gasteiger partial charge in [-0.3, -0.25) is 0 Å². The maximum Gasteiger partial charge on any atom is 0.322 e. The summed E-state index contributed by atoms with van der Waals surface area (Å²) in [6.07, 6.45) is -0.0516. The minimum absolute atomic E-state index is 0.0516. The average Bonchev–Trinajstić information content (AvgIpc) is 2.43. The molecule has 1 aromatic carbocycles. The van der Waals surface area contributed by atoms with E-state index in [0.29, 0.717) is 26.3 Å². The molecule has 0 bridgehead atoms. The van der Waals surface area contributed by atoms with Crippen molar-refractivity contribution in [3.05, 3.63) is 28.2 Å². The summed E-state index contributed by atoms with van der Waals surface area (Å²) in [5.41, 5.74) is 1.91. The summed E-state index contributed by atoms with van der Waals surface area (Å²) in [6.45, 7) is 4.19. The highest BCUT2D eigenvalue weighted by atomic mass is 79.9. The van der Waals surface area contributed by atoms with Gasteiger partial charge in [0.2, 0.25) is 0 Å². The quantitative estimate of drug-likeness (QED) is 0.918. The van der Waals surface area contributed by atoms with Gasteiger partial charge in [-0.2, -0.15) is 0 Å². The standard InChI is InChI=1S/C14H19BrN2O3/c1-10-3-4-11(7-13(10)15)16-14(18)17-5-6-20-12(8-17)9-19-2/h3-4,7,12H,5-6,8-9H2,1-2H3,(H,16,18)/t12-/m1/s1. The molecule has 0 unspecified atom stereocenters. The fourth-order valence-corrected chi connectivity index (χ4v) is 2.44. The zero-order valence-corrected chi connectivity index (χ0v) is 13.3. The van der Waals surface area contributed by atoms with Gasteiger partial charge in [-0.25, -0.2) is 4.79 Å². The van der Waals surface area contributed by atoms with Crippen LogP contribution in [0.15, 0.2) is 22.7 Å². The van der Waals surface area contributed by atoms with Crippen molar-refractivity contribution in [3.63, 3.8) is 0 Å². The number of aryl methyl sites for hydroxylation is 1. The van der Waals surface area contributed by atoms with Crippen LogP contribution >= 0.6 is 15.9 Å². The third kappa shape index (κ3) is 3.94. The van der Waals surface area contributed by atoms with Crippen molar-refractivity contribution in [2.45, 2.75) is 13.0 Å². The lowest BCUT2D eigenvalue weighted by Gasteiger charge is -2.32. The van der Waals surface area contributed by atoms with Gasteiger partial charge in [0.1, 0.15) is 0 Å². The fourth-order valence-electron chi connectivity index (χ4n) is 2.06. The van der Waals surface area contributed by atoms with Crippen LogP contribution in [-0.2, 0) is 9.47 Å². The second-order valence-electron chi connectivity index (χ2n) is 4.79. The third-order valence-electron chi connectivity index (χ3n) is 3.20. The monoisotopic (exact) mass is 342 g/mol. The Balaban J connectivity index is 1.95. The summed E-state index contributed by atoms with van der Waals surface area (Å²) in [5.74, 6) is 0. The number of halogens is 1. The molecular weight excluding hydrogens is 324 g/mol. The molecule has 0 saturated carbocycles. The van der Waals surface area contributed by atoms with Gasteiger partial charge in [0.25, 0.3) is 0 Å². The average molecular weight is 343 g/mol. The summed E-state index contributed by atoms with van der Waals surface area (Å²) in [5, 5.41) is 2.90.